The van der Waals surface area contributed by atoms with Crippen LogP contribution in [0.25, 0.3) is 0 Å². The molecule has 0 N–H and O–H groups in total. The second kappa shape index (κ2) is 3.70. The summed E-state index contributed by atoms with van der Waals surface area (Å²) in [5.41, 5.74) is 0. The Balaban J connectivity index is 2.50. The maximum absolute atomic E-state index is 4.83. The van der Waals surface area contributed by atoms with Crippen LogP contribution in [0.15, 0.2) is 9.52 Å². The summed E-state index contributed by atoms with van der Waals surface area (Å²) in [7, 11) is 0. The van der Waals surface area contributed by atoms with E-state index in [1.54, 1.807) is 6.92 Å². The van der Waals surface area contributed by atoms with Crippen LogP contribution in [-0.2, 0) is 4.74 Å². The van der Waals surface area contributed by atoms with Crippen molar-refractivity contribution >= 4 is 12.3 Å². The summed E-state index contributed by atoms with van der Waals surface area (Å²) >= 11 is 0. The SMILES string of the molecule is CCO/C=N\c1noc(C)n1. The monoisotopic (exact) mass is 155 g/mol. The molecule has 0 spiro atoms. The van der Waals surface area contributed by atoms with Crippen LogP contribution in [0.4, 0.5) is 5.95 Å². The molecule has 0 atom stereocenters. The van der Waals surface area contributed by atoms with Crippen LogP contribution < -0.4 is 0 Å². The average molecular weight is 155 g/mol. The third-order valence-corrected chi connectivity index (χ3v) is 0.926. The van der Waals surface area contributed by atoms with Gasteiger partial charge in [0.05, 0.1) is 6.61 Å². The summed E-state index contributed by atoms with van der Waals surface area (Å²) in [4.78, 5) is 7.58. The Bertz CT molecular complexity index is 244. The van der Waals surface area contributed by atoms with Gasteiger partial charge in [-0.3, -0.25) is 0 Å². The van der Waals surface area contributed by atoms with E-state index in [4.69, 9.17) is 4.74 Å². The fourth-order valence-corrected chi connectivity index (χ4v) is 0.500. The second-order valence-electron chi connectivity index (χ2n) is 1.80. The smallest absolute Gasteiger partial charge is 0.292 e. The number of aryl methyl sites for hydroxylation is 1. The first-order chi connectivity index (χ1) is 5.33. The van der Waals surface area contributed by atoms with E-state index in [2.05, 4.69) is 19.7 Å². The quantitative estimate of drug-likeness (QED) is 0.484. The molecule has 0 fully saturated rings. The molecule has 1 heterocycles. The Labute approximate surface area is 64.1 Å². The zero-order chi connectivity index (χ0) is 8.10. The van der Waals surface area contributed by atoms with Crippen LogP contribution in [0.5, 0.6) is 0 Å². The Morgan fingerprint density at radius 1 is 1.73 bits per heavy atom. The number of hydrogen-bond donors (Lipinski definition) is 0. The van der Waals surface area contributed by atoms with Crippen molar-refractivity contribution in [3.05, 3.63) is 5.89 Å². The zero-order valence-electron chi connectivity index (χ0n) is 6.44. The molecule has 0 aliphatic heterocycles. The maximum atomic E-state index is 4.83. The lowest BCUT2D eigenvalue weighted by Crippen LogP contribution is -1.83. The van der Waals surface area contributed by atoms with Gasteiger partial charge in [0.2, 0.25) is 5.89 Å². The maximum Gasteiger partial charge on any atom is 0.292 e. The van der Waals surface area contributed by atoms with E-state index in [1.165, 1.54) is 6.40 Å². The summed E-state index contributed by atoms with van der Waals surface area (Å²) < 4.78 is 9.50. The third-order valence-electron chi connectivity index (χ3n) is 0.926. The van der Waals surface area contributed by atoms with Gasteiger partial charge in [-0.05, 0) is 12.1 Å². The molecule has 60 valence electrons. The minimum absolute atomic E-state index is 0.288. The Morgan fingerprint density at radius 3 is 3.09 bits per heavy atom. The van der Waals surface area contributed by atoms with Crippen molar-refractivity contribution in [1.29, 1.82) is 0 Å². The van der Waals surface area contributed by atoms with Crippen LogP contribution >= 0.6 is 0 Å². The summed E-state index contributed by atoms with van der Waals surface area (Å²) in [5, 5.41) is 3.52. The fraction of sp³-hybridized carbons (Fsp3) is 0.500. The zero-order valence-corrected chi connectivity index (χ0v) is 6.44. The van der Waals surface area contributed by atoms with Gasteiger partial charge in [0.1, 0.15) is 0 Å². The van der Waals surface area contributed by atoms with Crippen molar-refractivity contribution in [2.75, 3.05) is 6.61 Å². The lowest BCUT2D eigenvalue weighted by Gasteiger charge is -1.87. The standard InChI is InChI=1S/C6H9N3O2/c1-3-10-4-7-6-8-5(2)11-9-6/h4H,3H2,1-2H3/b7-4-. The Hall–Kier alpha value is -1.39. The van der Waals surface area contributed by atoms with E-state index in [0.29, 0.717) is 12.5 Å². The third kappa shape index (κ3) is 2.37. The molecule has 1 rings (SSSR count). The van der Waals surface area contributed by atoms with Crippen LogP contribution in [0.2, 0.25) is 0 Å². The average Bonchev–Trinajstić information content (AvgIpc) is 2.37. The minimum atomic E-state index is 0.288. The molecule has 5 nitrogen and oxygen atoms in total. The summed E-state index contributed by atoms with van der Waals surface area (Å²) in [6.45, 7) is 4.15. The van der Waals surface area contributed by atoms with Gasteiger partial charge in [-0.1, -0.05) is 0 Å². The van der Waals surface area contributed by atoms with Crippen LogP contribution in [0, 0.1) is 6.92 Å². The van der Waals surface area contributed by atoms with E-state index in [0.717, 1.165) is 0 Å². The van der Waals surface area contributed by atoms with Crippen molar-refractivity contribution < 1.29 is 9.26 Å². The second-order valence-corrected chi connectivity index (χ2v) is 1.80. The molecule has 0 saturated heterocycles. The molecule has 0 unspecified atom stereocenters. The normalized spacial score (nSPS) is 10.7. The van der Waals surface area contributed by atoms with Crippen molar-refractivity contribution in [2.24, 2.45) is 4.99 Å². The molecule has 0 radical (unpaired) electrons. The predicted octanol–water partition coefficient (Wildman–Crippen LogP) is 1.07. The predicted molar refractivity (Wildman–Crippen MR) is 38.8 cm³/mol. The molecule has 0 bridgehead atoms. The van der Waals surface area contributed by atoms with Crippen LogP contribution in [-0.4, -0.2) is 23.1 Å². The lowest BCUT2D eigenvalue weighted by atomic mass is 10.8. The number of hydrogen-bond acceptors (Lipinski definition) is 5. The molecule has 5 heteroatoms. The highest BCUT2D eigenvalue weighted by atomic mass is 16.5. The molecule has 1 aromatic rings. The van der Waals surface area contributed by atoms with Gasteiger partial charge < -0.3 is 9.26 Å². The number of aromatic nitrogens is 2. The topological polar surface area (TPSA) is 60.5 Å². The van der Waals surface area contributed by atoms with E-state index in [9.17, 15) is 0 Å². The first-order valence-corrected chi connectivity index (χ1v) is 3.27. The molecule has 0 aromatic carbocycles. The summed E-state index contributed by atoms with van der Waals surface area (Å²) in [5.74, 6) is 0.782. The fourth-order valence-electron chi connectivity index (χ4n) is 0.500. The van der Waals surface area contributed by atoms with Gasteiger partial charge in [0.15, 0.2) is 6.40 Å². The Kier molecular flexibility index (Phi) is 2.59. The molecular weight excluding hydrogens is 146 g/mol. The van der Waals surface area contributed by atoms with Crippen molar-refractivity contribution in [3.8, 4) is 0 Å². The molecule has 11 heavy (non-hydrogen) atoms. The molecule has 0 saturated carbocycles. The van der Waals surface area contributed by atoms with Crippen molar-refractivity contribution in [1.82, 2.24) is 10.1 Å². The highest BCUT2D eigenvalue weighted by Crippen LogP contribution is 2.02. The van der Waals surface area contributed by atoms with E-state index >= 15 is 0 Å². The summed E-state index contributed by atoms with van der Waals surface area (Å²) in [6.07, 6.45) is 1.30. The molecule has 0 aliphatic carbocycles. The Morgan fingerprint density at radius 2 is 2.55 bits per heavy atom. The highest BCUT2D eigenvalue weighted by Gasteiger charge is 1.96. The number of aliphatic imine (C=N–C) groups is 1. The first-order valence-electron chi connectivity index (χ1n) is 3.27. The molecule has 1 aromatic heterocycles. The van der Waals surface area contributed by atoms with Crippen molar-refractivity contribution in [2.45, 2.75) is 13.8 Å². The number of nitrogens with zero attached hydrogens (tertiary/aromatic N) is 3. The van der Waals surface area contributed by atoms with Gasteiger partial charge >= 0.3 is 0 Å². The van der Waals surface area contributed by atoms with Gasteiger partial charge in [-0.15, -0.1) is 0 Å². The number of rotatable bonds is 3. The van der Waals surface area contributed by atoms with E-state index in [-0.39, 0.29) is 5.95 Å². The molecular formula is C6H9N3O2. The van der Waals surface area contributed by atoms with Gasteiger partial charge in [-0.2, -0.15) is 9.98 Å². The highest BCUT2D eigenvalue weighted by molar-refractivity contribution is 5.50. The summed E-state index contributed by atoms with van der Waals surface area (Å²) in [6, 6.07) is 0. The largest absolute Gasteiger partial charge is 0.483 e. The van der Waals surface area contributed by atoms with E-state index < -0.39 is 0 Å². The lowest BCUT2D eigenvalue weighted by molar-refractivity contribution is 0.343. The molecule has 0 amide bonds. The van der Waals surface area contributed by atoms with Gasteiger partial charge in [-0.25, -0.2) is 0 Å². The minimum Gasteiger partial charge on any atom is -0.483 e. The van der Waals surface area contributed by atoms with Gasteiger partial charge in [0, 0.05) is 6.92 Å². The van der Waals surface area contributed by atoms with Gasteiger partial charge in [0.25, 0.3) is 5.95 Å². The van der Waals surface area contributed by atoms with Crippen LogP contribution in [0.1, 0.15) is 12.8 Å². The number of ether oxygens (including phenoxy) is 1. The first kappa shape index (κ1) is 7.71. The van der Waals surface area contributed by atoms with Crippen molar-refractivity contribution in [3.63, 3.8) is 0 Å². The van der Waals surface area contributed by atoms with E-state index in [1.807, 2.05) is 6.92 Å². The van der Waals surface area contributed by atoms with Crippen LogP contribution in [0.3, 0.4) is 0 Å². The molecule has 0 aliphatic rings.